The number of hydrogen-bond acceptors (Lipinski definition) is 6. The minimum Gasteiger partial charge on any atom is -0.391 e. The van der Waals surface area contributed by atoms with Crippen LogP contribution in [0.3, 0.4) is 0 Å². The Morgan fingerprint density at radius 1 is 0.974 bits per heavy atom. The van der Waals surface area contributed by atoms with Crippen molar-refractivity contribution < 1.29 is 24.3 Å². The Kier molecular flexibility index (Phi) is 18.6. The van der Waals surface area contributed by atoms with Gasteiger partial charge in [-0.05, 0) is 55.0 Å². The summed E-state index contributed by atoms with van der Waals surface area (Å²) < 4.78 is 0. The van der Waals surface area contributed by atoms with Crippen molar-refractivity contribution in [2.75, 3.05) is 18.5 Å². The number of aliphatic hydroxyl groups excluding tert-OH is 1. The first-order valence-electron chi connectivity index (χ1n) is 13.5. The lowest BCUT2D eigenvalue weighted by molar-refractivity contribution is -0.122. The minimum absolute atomic E-state index is 0.189. The molecule has 8 heteroatoms. The SMILES string of the molecule is C=O.C=O.CCCCCN(C)c1cc(CCC)cc(C(=O)N[C@@H](Cc2ccccc2)C(O)CC(C)C(N)=O)c1. The molecule has 39 heavy (non-hydrogen) atoms. The molecule has 3 atom stereocenters. The molecular weight excluding hydrogens is 494 g/mol. The molecule has 2 unspecified atom stereocenters. The Balaban J connectivity index is 0.00000344. The van der Waals surface area contributed by atoms with Crippen molar-refractivity contribution >= 4 is 31.1 Å². The summed E-state index contributed by atoms with van der Waals surface area (Å²) in [5, 5.41) is 14.0. The van der Waals surface area contributed by atoms with Crippen LogP contribution in [0.4, 0.5) is 5.69 Å². The highest BCUT2D eigenvalue weighted by Gasteiger charge is 2.26. The van der Waals surface area contributed by atoms with E-state index >= 15 is 0 Å². The first-order valence-corrected chi connectivity index (χ1v) is 13.5. The summed E-state index contributed by atoms with van der Waals surface area (Å²) in [6.45, 7) is 10.9. The van der Waals surface area contributed by atoms with Gasteiger partial charge in [0, 0.05) is 30.8 Å². The summed E-state index contributed by atoms with van der Waals surface area (Å²) in [7, 11) is 2.07. The van der Waals surface area contributed by atoms with Crippen LogP contribution in [0.5, 0.6) is 0 Å². The fraction of sp³-hybridized carbons (Fsp3) is 0.484. The van der Waals surface area contributed by atoms with Crippen LogP contribution in [-0.4, -0.2) is 56.2 Å². The number of carbonyl (C=O) groups excluding carboxylic acids is 4. The van der Waals surface area contributed by atoms with E-state index in [9.17, 15) is 14.7 Å². The van der Waals surface area contributed by atoms with E-state index in [4.69, 9.17) is 15.3 Å². The van der Waals surface area contributed by atoms with Crippen LogP contribution >= 0.6 is 0 Å². The molecule has 2 rings (SSSR count). The van der Waals surface area contributed by atoms with Crippen molar-refractivity contribution in [3.8, 4) is 0 Å². The number of aryl methyl sites for hydroxylation is 1. The van der Waals surface area contributed by atoms with Crippen molar-refractivity contribution in [3.63, 3.8) is 0 Å². The minimum atomic E-state index is -0.906. The zero-order valence-electron chi connectivity index (χ0n) is 24.0. The molecule has 0 aliphatic carbocycles. The summed E-state index contributed by atoms with van der Waals surface area (Å²) in [5.41, 5.74) is 9.16. The monoisotopic (exact) mass is 541 g/mol. The molecule has 0 saturated heterocycles. The third kappa shape index (κ3) is 13.2. The fourth-order valence-electron chi connectivity index (χ4n) is 4.23. The van der Waals surface area contributed by atoms with Gasteiger partial charge in [-0.25, -0.2) is 0 Å². The van der Waals surface area contributed by atoms with Gasteiger partial charge in [0.05, 0.1) is 12.1 Å². The van der Waals surface area contributed by atoms with Crippen molar-refractivity contribution in [1.29, 1.82) is 0 Å². The maximum absolute atomic E-state index is 13.4. The van der Waals surface area contributed by atoms with Crippen molar-refractivity contribution in [1.82, 2.24) is 5.32 Å². The Hall–Kier alpha value is -3.52. The van der Waals surface area contributed by atoms with Crippen LogP contribution in [-0.2, 0) is 27.2 Å². The van der Waals surface area contributed by atoms with E-state index < -0.39 is 24.0 Å². The lowest BCUT2D eigenvalue weighted by Gasteiger charge is -2.26. The van der Waals surface area contributed by atoms with E-state index in [1.165, 1.54) is 6.42 Å². The first-order chi connectivity index (χ1) is 18.7. The van der Waals surface area contributed by atoms with E-state index in [2.05, 4.69) is 37.2 Å². The van der Waals surface area contributed by atoms with Crippen LogP contribution in [0.2, 0.25) is 0 Å². The molecule has 0 radical (unpaired) electrons. The molecule has 0 heterocycles. The molecule has 2 aromatic rings. The van der Waals surface area contributed by atoms with Gasteiger partial charge in [0.15, 0.2) is 0 Å². The molecule has 0 aromatic heterocycles. The smallest absolute Gasteiger partial charge is 0.251 e. The largest absolute Gasteiger partial charge is 0.391 e. The highest BCUT2D eigenvalue weighted by molar-refractivity contribution is 5.95. The van der Waals surface area contributed by atoms with Crippen LogP contribution in [0.25, 0.3) is 0 Å². The predicted molar refractivity (Wildman–Crippen MR) is 158 cm³/mol. The highest BCUT2D eigenvalue weighted by atomic mass is 16.3. The molecule has 8 nitrogen and oxygen atoms in total. The lowest BCUT2D eigenvalue weighted by Crippen LogP contribution is -2.46. The molecule has 0 spiro atoms. The maximum atomic E-state index is 13.4. The predicted octanol–water partition coefficient (Wildman–Crippen LogP) is 4.11. The highest BCUT2D eigenvalue weighted by Crippen LogP contribution is 2.21. The topological polar surface area (TPSA) is 130 Å². The first kappa shape index (κ1) is 35.5. The van der Waals surface area contributed by atoms with Crippen molar-refractivity contribution in [2.24, 2.45) is 11.7 Å². The molecule has 216 valence electrons. The summed E-state index contributed by atoms with van der Waals surface area (Å²) in [6.07, 6.45) is 5.07. The third-order valence-electron chi connectivity index (χ3n) is 6.48. The van der Waals surface area contributed by atoms with Crippen LogP contribution in [0, 0.1) is 5.92 Å². The lowest BCUT2D eigenvalue weighted by atomic mass is 9.93. The van der Waals surface area contributed by atoms with E-state index in [0.29, 0.717) is 12.0 Å². The van der Waals surface area contributed by atoms with Crippen molar-refractivity contribution in [3.05, 3.63) is 65.2 Å². The molecule has 4 N–H and O–H groups in total. The summed E-state index contributed by atoms with van der Waals surface area (Å²) in [4.78, 5) is 43.2. The Morgan fingerprint density at radius 3 is 2.18 bits per heavy atom. The number of hydrogen-bond donors (Lipinski definition) is 3. The van der Waals surface area contributed by atoms with Gasteiger partial charge >= 0.3 is 0 Å². The van der Waals surface area contributed by atoms with Crippen LogP contribution < -0.4 is 16.0 Å². The number of benzene rings is 2. The van der Waals surface area contributed by atoms with Crippen molar-refractivity contribution in [2.45, 2.75) is 77.9 Å². The number of primary amides is 1. The number of amides is 2. The van der Waals surface area contributed by atoms with E-state index in [0.717, 1.165) is 49.0 Å². The standard InChI is InChI=1S/C29H43N3O3.2CH2O/c1-5-7-11-15-32(4)25-18-23(12-6-2)17-24(20-25)29(35)31-26(19-22-13-9-8-10-14-22)27(33)16-21(3)28(30)34;2*1-2/h8-10,13-14,17-18,20-21,26-27,33H,5-7,11-12,15-16,19H2,1-4H3,(H2,30,34)(H,31,35);2*1H2/t21?,26-,27?;;/m0../s1. The zero-order chi connectivity index (χ0) is 29.8. The second kappa shape index (κ2) is 20.4. The second-order valence-corrected chi connectivity index (χ2v) is 9.64. The average Bonchev–Trinajstić information content (AvgIpc) is 2.95. The average molecular weight is 542 g/mol. The molecule has 2 amide bonds. The van der Waals surface area contributed by atoms with Crippen LogP contribution in [0.15, 0.2) is 48.5 Å². The zero-order valence-corrected chi connectivity index (χ0v) is 24.0. The summed E-state index contributed by atoms with van der Waals surface area (Å²) in [6, 6.07) is 15.2. The molecule has 0 bridgehead atoms. The molecule has 0 aliphatic heterocycles. The van der Waals surface area contributed by atoms with Gasteiger partial charge in [0.25, 0.3) is 5.91 Å². The van der Waals surface area contributed by atoms with Gasteiger partial charge in [-0.15, -0.1) is 0 Å². The van der Waals surface area contributed by atoms with Gasteiger partial charge in [0.1, 0.15) is 13.6 Å². The number of aliphatic hydroxyl groups is 1. The van der Waals surface area contributed by atoms with E-state index in [1.807, 2.05) is 56.0 Å². The van der Waals surface area contributed by atoms with Crippen LogP contribution in [0.1, 0.15) is 74.4 Å². The molecular formula is C31H47N3O5. The quantitative estimate of drug-likeness (QED) is 0.291. The Bertz CT molecular complexity index is 968. The Labute approximate surface area is 234 Å². The summed E-state index contributed by atoms with van der Waals surface area (Å²) in [5.74, 6) is -1.17. The molecule has 0 aliphatic rings. The number of unbranched alkanes of at least 4 members (excludes halogenated alkanes) is 2. The van der Waals surface area contributed by atoms with Gasteiger partial charge < -0.3 is 30.6 Å². The fourth-order valence-corrected chi connectivity index (χ4v) is 4.23. The molecule has 2 aromatic carbocycles. The number of rotatable bonds is 15. The number of nitrogens with one attached hydrogen (secondary N) is 1. The molecule has 0 saturated carbocycles. The van der Waals surface area contributed by atoms with E-state index in [1.54, 1.807) is 6.92 Å². The number of anilines is 1. The third-order valence-corrected chi connectivity index (χ3v) is 6.48. The van der Waals surface area contributed by atoms with E-state index in [-0.39, 0.29) is 12.3 Å². The normalized spacial score (nSPS) is 12.4. The maximum Gasteiger partial charge on any atom is 0.251 e. The number of nitrogens with two attached hydrogens (primary N) is 1. The molecule has 0 fully saturated rings. The van der Waals surface area contributed by atoms with Gasteiger partial charge in [-0.2, -0.15) is 0 Å². The van der Waals surface area contributed by atoms with Gasteiger partial charge in [0.2, 0.25) is 5.91 Å². The second-order valence-electron chi connectivity index (χ2n) is 9.64. The van der Waals surface area contributed by atoms with Gasteiger partial charge in [-0.3, -0.25) is 9.59 Å². The number of nitrogens with zero attached hydrogens (tertiary/aromatic N) is 1. The van der Waals surface area contributed by atoms with Gasteiger partial charge in [-0.1, -0.05) is 70.4 Å². The summed E-state index contributed by atoms with van der Waals surface area (Å²) >= 11 is 0. The Morgan fingerprint density at radius 2 is 1.62 bits per heavy atom. The number of carbonyl (C=O) groups is 4.